The standard InChI is InChI=1S/C22H25NO5/c24-19-9-8-16-12-18(7-6-17(16)13-19)21(26)20(25)10-11-23-22(27)28-14-15-4-2-1-3-5-15/h1-7,12,20-21,25-26H,8-11,13-14H2,(H,23,27). The zero-order valence-corrected chi connectivity index (χ0v) is 15.6. The number of ether oxygens (including phenoxy) is 1. The van der Waals surface area contributed by atoms with Gasteiger partial charge in [0.1, 0.15) is 18.5 Å². The van der Waals surface area contributed by atoms with Gasteiger partial charge in [0.2, 0.25) is 0 Å². The fourth-order valence-corrected chi connectivity index (χ4v) is 3.29. The Hall–Kier alpha value is -2.70. The van der Waals surface area contributed by atoms with Crippen LogP contribution in [0.2, 0.25) is 0 Å². The Balaban J connectivity index is 1.43. The highest BCUT2D eigenvalue weighted by molar-refractivity contribution is 5.83. The minimum Gasteiger partial charge on any atom is -0.445 e. The largest absolute Gasteiger partial charge is 0.445 e. The average molecular weight is 383 g/mol. The van der Waals surface area contributed by atoms with Crippen LogP contribution in [0.1, 0.15) is 41.2 Å². The summed E-state index contributed by atoms with van der Waals surface area (Å²) in [6.45, 7) is 0.362. The van der Waals surface area contributed by atoms with Gasteiger partial charge in [-0.3, -0.25) is 4.79 Å². The van der Waals surface area contributed by atoms with E-state index in [2.05, 4.69) is 5.32 Å². The van der Waals surface area contributed by atoms with Crippen molar-refractivity contribution in [1.29, 1.82) is 0 Å². The summed E-state index contributed by atoms with van der Waals surface area (Å²) in [7, 11) is 0. The fraction of sp³-hybridized carbons (Fsp3) is 0.364. The van der Waals surface area contributed by atoms with E-state index in [-0.39, 0.29) is 25.4 Å². The van der Waals surface area contributed by atoms with Crippen LogP contribution in [-0.4, -0.2) is 34.7 Å². The number of ketones is 1. The van der Waals surface area contributed by atoms with Gasteiger partial charge in [-0.25, -0.2) is 4.79 Å². The number of hydrogen-bond donors (Lipinski definition) is 3. The van der Waals surface area contributed by atoms with Gasteiger partial charge in [-0.15, -0.1) is 0 Å². The van der Waals surface area contributed by atoms with E-state index in [0.717, 1.165) is 16.7 Å². The first-order valence-corrected chi connectivity index (χ1v) is 9.47. The van der Waals surface area contributed by atoms with E-state index >= 15 is 0 Å². The molecule has 2 aromatic carbocycles. The smallest absolute Gasteiger partial charge is 0.407 e. The molecule has 1 aliphatic rings. The van der Waals surface area contributed by atoms with Crippen molar-refractivity contribution in [2.75, 3.05) is 6.54 Å². The molecule has 0 fully saturated rings. The highest BCUT2D eigenvalue weighted by Gasteiger charge is 2.21. The maximum Gasteiger partial charge on any atom is 0.407 e. The van der Waals surface area contributed by atoms with Crippen LogP contribution in [0.4, 0.5) is 4.79 Å². The number of carbonyl (C=O) groups is 2. The molecule has 1 amide bonds. The van der Waals surface area contributed by atoms with Crippen LogP contribution < -0.4 is 5.32 Å². The monoisotopic (exact) mass is 383 g/mol. The van der Waals surface area contributed by atoms with Gasteiger partial charge in [-0.05, 0) is 35.1 Å². The molecular weight excluding hydrogens is 358 g/mol. The van der Waals surface area contributed by atoms with Gasteiger partial charge in [0, 0.05) is 19.4 Å². The maximum absolute atomic E-state index is 11.7. The second kappa shape index (κ2) is 9.48. The summed E-state index contributed by atoms with van der Waals surface area (Å²) >= 11 is 0. The zero-order valence-electron chi connectivity index (χ0n) is 15.6. The quantitative estimate of drug-likeness (QED) is 0.683. The lowest BCUT2D eigenvalue weighted by Crippen LogP contribution is -2.29. The Morgan fingerprint density at radius 1 is 1.07 bits per heavy atom. The third kappa shape index (κ3) is 5.41. The minimum absolute atomic E-state index is 0.176. The number of amides is 1. The van der Waals surface area contributed by atoms with Crippen LogP contribution >= 0.6 is 0 Å². The van der Waals surface area contributed by atoms with Gasteiger partial charge in [-0.1, -0.05) is 48.5 Å². The molecular formula is C22H25NO5. The molecule has 0 radical (unpaired) electrons. The van der Waals surface area contributed by atoms with Crippen LogP contribution in [0.5, 0.6) is 0 Å². The predicted octanol–water partition coefficient (Wildman–Crippen LogP) is 2.46. The lowest BCUT2D eigenvalue weighted by atomic mass is 9.88. The number of rotatable bonds is 7. The summed E-state index contributed by atoms with van der Waals surface area (Å²) in [6.07, 6.45) is -0.823. The van der Waals surface area contributed by atoms with E-state index in [9.17, 15) is 19.8 Å². The van der Waals surface area contributed by atoms with Gasteiger partial charge in [0.25, 0.3) is 0 Å². The number of nitrogens with one attached hydrogen (secondary N) is 1. The SMILES string of the molecule is O=C1CCc2cc(C(O)C(O)CCNC(=O)OCc3ccccc3)ccc2C1. The molecule has 0 saturated heterocycles. The Morgan fingerprint density at radius 3 is 2.64 bits per heavy atom. The molecule has 6 heteroatoms. The van der Waals surface area contributed by atoms with Crippen molar-refractivity contribution in [2.45, 2.75) is 44.5 Å². The van der Waals surface area contributed by atoms with Crippen molar-refractivity contribution in [3.8, 4) is 0 Å². The molecule has 0 spiro atoms. The lowest BCUT2D eigenvalue weighted by molar-refractivity contribution is -0.118. The topological polar surface area (TPSA) is 95.9 Å². The number of Topliss-reactive ketones (excluding diaryl/α,β-unsaturated/α-hetero) is 1. The first-order chi connectivity index (χ1) is 13.5. The van der Waals surface area contributed by atoms with Gasteiger partial charge >= 0.3 is 6.09 Å². The van der Waals surface area contributed by atoms with Crippen LogP contribution in [0.25, 0.3) is 0 Å². The molecule has 148 valence electrons. The Morgan fingerprint density at radius 2 is 1.86 bits per heavy atom. The molecule has 0 saturated carbocycles. The number of benzene rings is 2. The van der Waals surface area contributed by atoms with E-state index in [1.165, 1.54) is 0 Å². The van der Waals surface area contributed by atoms with E-state index < -0.39 is 18.3 Å². The second-order valence-corrected chi connectivity index (χ2v) is 7.03. The van der Waals surface area contributed by atoms with Gasteiger partial charge < -0.3 is 20.3 Å². The van der Waals surface area contributed by atoms with Crippen molar-refractivity contribution in [3.05, 3.63) is 70.8 Å². The predicted molar refractivity (Wildman–Crippen MR) is 104 cm³/mol. The number of hydrogen-bond acceptors (Lipinski definition) is 5. The molecule has 3 rings (SSSR count). The van der Waals surface area contributed by atoms with Gasteiger partial charge in [-0.2, -0.15) is 0 Å². The second-order valence-electron chi connectivity index (χ2n) is 7.03. The summed E-state index contributed by atoms with van der Waals surface area (Å²) in [4.78, 5) is 23.2. The molecule has 28 heavy (non-hydrogen) atoms. The van der Waals surface area contributed by atoms with Crippen molar-refractivity contribution >= 4 is 11.9 Å². The molecule has 6 nitrogen and oxygen atoms in total. The molecule has 0 bridgehead atoms. The summed E-state index contributed by atoms with van der Waals surface area (Å²) < 4.78 is 5.10. The highest BCUT2D eigenvalue weighted by Crippen LogP contribution is 2.25. The van der Waals surface area contributed by atoms with Crippen LogP contribution in [-0.2, 0) is 29.0 Å². The fourth-order valence-electron chi connectivity index (χ4n) is 3.29. The zero-order chi connectivity index (χ0) is 19.9. The van der Waals surface area contributed by atoms with E-state index in [0.29, 0.717) is 24.8 Å². The molecule has 0 aromatic heterocycles. The third-order valence-electron chi connectivity index (χ3n) is 4.92. The number of aliphatic hydroxyl groups excluding tert-OH is 2. The van der Waals surface area contributed by atoms with Crippen molar-refractivity contribution < 1.29 is 24.5 Å². The summed E-state index contributed by atoms with van der Waals surface area (Å²) in [5, 5.41) is 23.2. The Bertz CT molecular complexity index is 821. The summed E-state index contributed by atoms with van der Waals surface area (Å²) in [5.74, 6) is 0.228. The average Bonchev–Trinajstić information content (AvgIpc) is 2.72. The minimum atomic E-state index is -1.05. The van der Waals surface area contributed by atoms with Gasteiger partial charge in [0.05, 0.1) is 6.10 Å². The molecule has 2 aromatic rings. The number of alkyl carbamates (subject to hydrolysis) is 1. The molecule has 1 aliphatic carbocycles. The van der Waals surface area contributed by atoms with Crippen LogP contribution in [0.3, 0.4) is 0 Å². The van der Waals surface area contributed by atoms with Crippen LogP contribution in [0, 0.1) is 0 Å². The third-order valence-corrected chi connectivity index (χ3v) is 4.92. The molecule has 0 aliphatic heterocycles. The van der Waals surface area contributed by atoms with Gasteiger partial charge in [0.15, 0.2) is 0 Å². The van der Waals surface area contributed by atoms with Crippen molar-refractivity contribution in [3.63, 3.8) is 0 Å². The number of fused-ring (bicyclic) bond motifs is 1. The van der Waals surface area contributed by atoms with Crippen LogP contribution in [0.15, 0.2) is 48.5 Å². The van der Waals surface area contributed by atoms with E-state index in [1.54, 1.807) is 6.07 Å². The van der Waals surface area contributed by atoms with E-state index in [1.807, 2.05) is 42.5 Å². The van der Waals surface area contributed by atoms with Crippen molar-refractivity contribution in [2.24, 2.45) is 0 Å². The lowest BCUT2D eigenvalue weighted by Gasteiger charge is -2.21. The highest BCUT2D eigenvalue weighted by atomic mass is 16.5. The number of aliphatic hydroxyl groups is 2. The van der Waals surface area contributed by atoms with Crippen molar-refractivity contribution in [1.82, 2.24) is 5.32 Å². The molecule has 0 heterocycles. The summed E-state index contributed by atoms with van der Waals surface area (Å²) in [5.41, 5.74) is 3.55. The first kappa shape index (κ1) is 20.0. The number of carbonyl (C=O) groups excluding carboxylic acids is 2. The summed E-state index contributed by atoms with van der Waals surface area (Å²) in [6, 6.07) is 14.8. The first-order valence-electron chi connectivity index (χ1n) is 9.47. The Labute approximate surface area is 164 Å². The number of aryl methyl sites for hydroxylation is 1. The normalized spacial score (nSPS) is 15.4. The maximum atomic E-state index is 11.7. The Kier molecular flexibility index (Phi) is 6.79. The molecule has 2 atom stereocenters. The van der Waals surface area contributed by atoms with E-state index in [4.69, 9.17) is 4.74 Å². The molecule has 3 N–H and O–H groups in total. The molecule has 2 unspecified atom stereocenters.